The van der Waals surface area contributed by atoms with Gasteiger partial charge in [-0.05, 0) is 39.5 Å². The van der Waals surface area contributed by atoms with Crippen molar-refractivity contribution in [1.82, 2.24) is 5.32 Å². The van der Waals surface area contributed by atoms with E-state index in [4.69, 9.17) is 4.74 Å². The maximum absolute atomic E-state index is 11.7. The molecule has 0 aliphatic heterocycles. The van der Waals surface area contributed by atoms with Gasteiger partial charge in [0.2, 0.25) is 0 Å². The van der Waals surface area contributed by atoms with Crippen molar-refractivity contribution >= 4 is 6.09 Å². The van der Waals surface area contributed by atoms with Crippen molar-refractivity contribution in [3.63, 3.8) is 0 Å². The zero-order valence-electron chi connectivity index (χ0n) is 12.2. The van der Waals surface area contributed by atoms with Crippen LogP contribution < -0.4 is 5.32 Å². The highest BCUT2D eigenvalue weighted by Gasteiger charge is 2.24. The predicted molar refractivity (Wildman–Crippen MR) is 73.4 cm³/mol. The summed E-state index contributed by atoms with van der Waals surface area (Å²) in [5, 5.41) is 12.7. The Bertz CT molecular complexity index is 269. The number of carbonyl (C=O) groups is 1. The molecule has 0 spiro atoms. The zero-order chi connectivity index (χ0) is 14.3. The van der Waals surface area contributed by atoms with Gasteiger partial charge in [-0.15, -0.1) is 6.58 Å². The number of carbonyl (C=O) groups excluding carboxylic acids is 1. The van der Waals surface area contributed by atoms with Crippen LogP contribution in [0.15, 0.2) is 12.7 Å². The molecule has 0 heterocycles. The van der Waals surface area contributed by atoms with E-state index >= 15 is 0 Å². The fourth-order valence-electron chi connectivity index (χ4n) is 1.61. The van der Waals surface area contributed by atoms with Gasteiger partial charge >= 0.3 is 6.09 Å². The largest absolute Gasteiger partial charge is 0.444 e. The van der Waals surface area contributed by atoms with E-state index in [1.165, 1.54) is 0 Å². The summed E-state index contributed by atoms with van der Waals surface area (Å²) >= 11 is 0. The number of rotatable bonds is 6. The van der Waals surface area contributed by atoms with E-state index in [0.29, 0.717) is 18.8 Å². The van der Waals surface area contributed by atoms with E-state index in [-0.39, 0.29) is 6.04 Å². The first-order valence-corrected chi connectivity index (χ1v) is 6.44. The van der Waals surface area contributed by atoms with Crippen LogP contribution in [-0.4, -0.2) is 28.9 Å². The van der Waals surface area contributed by atoms with Gasteiger partial charge in [-0.25, -0.2) is 4.79 Å². The minimum Gasteiger partial charge on any atom is -0.444 e. The van der Waals surface area contributed by atoms with Gasteiger partial charge in [-0.1, -0.05) is 19.9 Å². The standard InChI is InChI=1S/C14H27NO3/c1-7-8-12(16)11(9-10(2)3)15-13(17)18-14(4,5)6/h7,10-12,16H,1,8-9H2,2-6H3,(H,15,17)/t11-,12-/m0/s1. The SMILES string of the molecule is C=CC[C@H](O)[C@H](CC(C)C)NC(=O)OC(C)(C)C. The first kappa shape index (κ1) is 17.0. The smallest absolute Gasteiger partial charge is 0.407 e. The molecule has 0 saturated carbocycles. The Morgan fingerprint density at radius 1 is 1.44 bits per heavy atom. The van der Waals surface area contributed by atoms with Crippen molar-refractivity contribution in [3.8, 4) is 0 Å². The lowest BCUT2D eigenvalue weighted by atomic mass is 9.97. The van der Waals surface area contributed by atoms with Crippen molar-refractivity contribution in [1.29, 1.82) is 0 Å². The van der Waals surface area contributed by atoms with Gasteiger partial charge in [0.25, 0.3) is 0 Å². The highest BCUT2D eigenvalue weighted by Crippen LogP contribution is 2.13. The van der Waals surface area contributed by atoms with Gasteiger partial charge < -0.3 is 15.2 Å². The van der Waals surface area contributed by atoms with Crippen molar-refractivity contribution in [2.45, 2.75) is 65.2 Å². The summed E-state index contributed by atoms with van der Waals surface area (Å²) in [5.74, 6) is 0.379. The van der Waals surface area contributed by atoms with Gasteiger partial charge in [0, 0.05) is 0 Å². The topological polar surface area (TPSA) is 58.6 Å². The highest BCUT2D eigenvalue weighted by atomic mass is 16.6. The maximum atomic E-state index is 11.7. The summed E-state index contributed by atoms with van der Waals surface area (Å²) in [4.78, 5) is 11.7. The molecule has 2 atom stereocenters. The van der Waals surface area contributed by atoms with Gasteiger partial charge in [0.1, 0.15) is 5.60 Å². The molecule has 1 amide bonds. The highest BCUT2D eigenvalue weighted by molar-refractivity contribution is 5.68. The second-order valence-corrected chi connectivity index (χ2v) is 5.97. The molecule has 106 valence electrons. The van der Waals surface area contributed by atoms with Gasteiger partial charge in [0.15, 0.2) is 0 Å². The summed E-state index contributed by atoms with van der Waals surface area (Å²) in [6, 6.07) is -0.308. The number of hydrogen-bond donors (Lipinski definition) is 2. The molecule has 4 heteroatoms. The molecule has 0 aliphatic rings. The van der Waals surface area contributed by atoms with Gasteiger partial charge in [-0.2, -0.15) is 0 Å². The van der Waals surface area contributed by atoms with Crippen molar-refractivity contribution in [3.05, 3.63) is 12.7 Å². The Kier molecular flexibility index (Phi) is 6.99. The van der Waals surface area contributed by atoms with Crippen LogP contribution in [0.25, 0.3) is 0 Å². The minimum absolute atomic E-state index is 0.308. The third-order valence-electron chi connectivity index (χ3n) is 2.30. The maximum Gasteiger partial charge on any atom is 0.407 e. The van der Waals surface area contributed by atoms with Crippen LogP contribution in [0.1, 0.15) is 47.5 Å². The summed E-state index contributed by atoms with van der Waals surface area (Å²) < 4.78 is 5.19. The lowest BCUT2D eigenvalue weighted by Gasteiger charge is -2.27. The van der Waals surface area contributed by atoms with Crippen LogP contribution in [0.3, 0.4) is 0 Å². The average molecular weight is 257 g/mol. The second kappa shape index (κ2) is 7.41. The number of amides is 1. The van der Waals surface area contributed by atoms with E-state index in [0.717, 1.165) is 0 Å². The molecular weight excluding hydrogens is 230 g/mol. The predicted octanol–water partition coefficient (Wildman–Crippen LogP) is 2.86. The van der Waals surface area contributed by atoms with Gasteiger partial charge in [0.05, 0.1) is 12.1 Å². The lowest BCUT2D eigenvalue weighted by molar-refractivity contribution is 0.0407. The Balaban J connectivity index is 4.48. The average Bonchev–Trinajstić information content (AvgIpc) is 2.13. The van der Waals surface area contributed by atoms with Crippen LogP contribution in [0.4, 0.5) is 4.79 Å². The molecule has 0 aromatic carbocycles. The van der Waals surface area contributed by atoms with Crippen LogP contribution >= 0.6 is 0 Å². The minimum atomic E-state index is -0.627. The monoisotopic (exact) mass is 257 g/mol. The van der Waals surface area contributed by atoms with Crippen molar-refractivity contribution < 1.29 is 14.6 Å². The fraction of sp³-hybridized carbons (Fsp3) is 0.786. The molecule has 0 radical (unpaired) electrons. The Hall–Kier alpha value is -1.03. The number of hydrogen-bond acceptors (Lipinski definition) is 3. The van der Waals surface area contributed by atoms with Crippen LogP contribution in [-0.2, 0) is 4.74 Å². The first-order chi connectivity index (χ1) is 8.15. The Morgan fingerprint density at radius 2 is 2.00 bits per heavy atom. The van der Waals surface area contributed by atoms with Crippen LogP contribution in [0.5, 0.6) is 0 Å². The van der Waals surface area contributed by atoms with E-state index in [1.54, 1.807) is 6.08 Å². The van der Waals surface area contributed by atoms with Crippen molar-refractivity contribution in [2.24, 2.45) is 5.92 Å². The summed E-state index contributed by atoms with van der Waals surface area (Å²) in [5.41, 5.74) is -0.532. The molecule has 18 heavy (non-hydrogen) atoms. The third-order valence-corrected chi connectivity index (χ3v) is 2.30. The summed E-state index contributed by atoms with van der Waals surface area (Å²) in [6.07, 6.45) is 1.68. The number of aliphatic hydroxyl groups is 1. The molecule has 2 N–H and O–H groups in total. The fourth-order valence-corrected chi connectivity index (χ4v) is 1.61. The van der Waals surface area contributed by atoms with Crippen LogP contribution in [0, 0.1) is 5.92 Å². The van der Waals surface area contributed by atoms with Crippen LogP contribution in [0.2, 0.25) is 0 Å². The molecular formula is C14H27NO3. The van der Waals surface area contributed by atoms with E-state index < -0.39 is 17.8 Å². The third kappa shape index (κ3) is 8.12. The molecule has 0 aromatic heterocycles. The van der Waals surface area contributed by atoms with Crippen molar-refractivity contribution in [2.75, 3.05) is 0 Å². The summed E-state index contributed by atoms with van der Waals surface area (Å²) in [6.45, 7) is 13.1. The molecule has 0 rings (SSSR count). The molecule has 0 fully saturated rings. The zero-order valence-corrected chi connectivity index (χ0v) is 12.2. The van der Waals surface area contributed by atoms with E-state index in [9.17, 15) is 9.90 Å². The molecule has 0 saturated heterocycles. The van der Waals surface area contributed by atoms with Gasteiger partial charge in [-0.3, -0.25) is 0 Å². The molecule has 0 aromatic rings. The lowest BCUT2D eigenvalue weighted by Crippen LogP contribution is -2.46. The Labute approximate surface area is 110 Å². The van der Waals surface area contributed by atoms with E-state index in [1.807, 2.05) is 34.6 Å². The normalized spacial score (nSPS) is 15.1. The molecule has 0 bridgehead atoms. The molecule has 0 unspecified atom stereocenters. The Morgan fingerprint density at radius 3 is 2.39 bits per heavy atom. The molecule has 4 nitrogen and oxygen atoms in total. The first-order valence-electron chi connectivity index (χ1n) is 6.44. The number of ether oxygens (including phenoxy) is 1. The quantitative estimate of drug-likeness (QED) is 0.719. The molecule has 0 aliphatic carbocycles. The number of alkyl carbamates (subject to hydrolysis) is 1. The number of nitrogens with one attached hydrogen (secondary N) is 1. The van der Waals surface area contributed by atoms with E-state index in [2.05, 4.69) is 11.9 Å². The summed E-state index contributed by atoms with van der Waals surface area (Å²) in [7, 11) is 0. The number of aliphatic hydroxyl groups excluding tert-OH is 1. The second-order valence-electron chi connectivity index (χ2n) is 5.97.